The Morgan fingerprint density at radius 1 is 1.19 bits per heavy atom. The van der Waals surface area contributed by atoms with E-state index in [2.05, 4.69) is 10.2 Å². The zero-order valence-electron chi connectivity index (χ0n) is 10.5. The highest BCUT2D eigenvalue weighted by molar-refractivity contribution is 5.78. The van der Waals surface area contributed by atoms with E-state index in [1.807, 2.05) is 13.8 Å². The van der Waals surface area contributed by atoms with Gasteiger partial charge in [-0.2, -0.15) is 0 Å². The molecule has 2 rings (SSSR count). The van der Waals surface area contributed by atoms with Crippen LogP contribution in [-0.2, 0) is 4.79 Å². The first-order valence-electron chi connectivity index (χ1n) is 6.73. The number of piperidine rings is 2. The maximum Gasteiger partial charge on any atom is 0.222 e. The van der Waals surface area contributed by atoms with Crippen LogP contribution in [0.25, 0.3) is 0 Å². The van der Waals surface area contributed by atoms with E-state index in [-0.39, 0.29) is 11.8 Å². The van der Waals surface area contributed by atoms with Crippen molar-refractivity contribution >= 4 is 5.91 Å². The summed E-state index contributed by atoms with van der Waals surface area (Å²) in [5.74, 6) is 0.330. The molecule has 0 spiro atoms. The third-order valence-corrected chi connectivity index (χ3v) is 3.94. The molecule has 0 aromatic carbocycles. The molecule has 1 amide bonds. The average Bonchev–Trinajstić information content (AvgIpc) is 2.29. The van der Waals surface area contributed by atoms with Crippen molar-refractivity contribution in [1.29, 1.82) is 0 Å². The van der Waals surface area contributed by atoms with Crippen LogP contribution in [0.4, 0.5) is 0 Å². The maximum atomic E-state index is 11.8. The normalized spacial score (nSPS) is 31.2. The van der Waals surface area contributed by atoms with Gasteiger partial charge in [0.25, 0.3) is 0 Å². The largest absolute Gasteiger partial charge is 0.352 e. The molecule has 0 bridgehead atoms. The topological polar surface area (TPSA) is 32.3 Å². The predicted octanol–water partition coefficient (Wildman–Crippen LogP) is 1.78. The summed E-state index contributed by atoms with van der Waals surface area (Å²) in [5, 5.41) is 3.24. The lowest BCUT2D eigenvalue weighted by molar-refractivity contribution is -0.125. The molecule has 2 atom stereocenters. The van der Waals surface area contributed by atoms with Crippen LogP contribution >= 0.6 is 0 Å². The molecule has 0 saturated carbocycles. The summed E-state index contributed by atoms with van der Waals surface area (Å²) in [4.78, 5) is 14.3. The minimum Gasteiger partial charge on any atom is -0.352 e. The summed E-state index contributed by atoms with van der Waals surface area (Å²) < 4.78 is 0. The molecule has 2 aliphatic heterocycles. The number of rotatable bonds is 2. The van der Waals surface area contributed by atoms with E-state index in [1.54, 1.807) is 0 Å². The molecule has 0 aromatic rings. The lowest BCUT2D eigenvalue weighted by Gasteiger charge is -2.44. The van der Waals surface area contributed by atoms with Crippen LogP contribution in [0.2, 0.25) is 0 Å². The number of carbonyl (C=O) groups is 1. The average molecular weight is 224 g/mol. The second-order valence-electron chi connectivity index (χ2n) is 5.51. The molecule has 16 heavy (non-hydrogen) atoms. The number of fused-ring (bicyclic) bond motifs is 1. The quantitative estimate of drug-likeness (QED) is 0.775. The lowest BCUT2D eigenvalue weighted by Crippen LogP contribution is -2.57. The number of nitrogens with zero attached hydrogens (tertiary/aromatic N) is 1. The van der Waals surface area contributed by atoms with Crippen LogP contribution < -0.4 is 5.32 Å². The number of hydrogen-bond donors (Lipinski definition) is 1. The molecule has 2 aliphatic rings. The summed E-state index contributed by atoms with van der Waals surface area (Å²) in [6.45, 7) is 6.41. The minimum absolute atomic E-state index is 0.110. The van der Waals surface area contributed by atoms with Gasteiger partial charge in [-0.1, -0.05) is 20.3 Å². The highest BCUT2D eigenvalue weighted by Gasteiger charge is 2.33. The van der Waals surface area contributed by atoms with Crippen molar-refractivity contribution in [2.24, 2.45) is 5.92 Å². The SMILES string of the molecule is CC(C)C(=O)N[C@H]1CCCN2CCCC[C@H]12. The van der Waals surface area contributed by atoms with E-state index < -0.39 is 0 Å². The fourth-order valence-corrected chi connectivity index (χ4v) is 2.97. The van der Waals surface area contributed by atoms with Crippen LogP contribution in [-0.4, -0.2) is 36.0 Å². The highest BCUT2D eigenvalue weighted by atomic mass is 16.1. The summed E-state index contributed by atoms with van der Waals surface area (Å²) >= 11 is 0. The third-order valence-electron chi connectivity index (χ3n) is 3.94. The maximum absolute atomic E-state index is 11.8. The monoisotopic (exact) mass is 224 g/mol. The Labute approximate surface area is 98.6 Å². The molecule has 2 fully saturated rings. The summed E-state index contributed by atoms with van der Waals surface area (Å²) in [6, 6.07) is 1.02. The van der Waals surface area contributed by atoms with Gasteiger partial charge in [-0.3, -0.25) is 9.69 Å². The zero-order valence-corrected chi connectivity index (χ0v) is 10.5. The van der Waals surface area contributed by atoms with Crippen LogP contribution in [0.3, 0.4) is 0 Å². The van der Waals surface area contributed by atoms with Crippen molar-refractivity contribution in [3.8, 4) is 0 Å². The summed E-state index contributed by atoms with van der Waals surface area (Å²) in [7, 11) is 0. The summed E-state index contributed by atoms with van der Waals surface area (Å²) in [5.41, 5.74) is 0. The van der Waals surface area contributed by atoms with Gasteiger partial charge in [0.1, 0.15) is 0 Å². The van der Waals surface area contributed by atoms with Gasteiger partial charge in [0.2, 0.25) is 5.91 Å². The number of hydrogen-bond acceptors (Lipinski definition) is 2. The Balaban J connectivity index is 1.94. The number of amides is 1. The fourth-order valence-electron chi connectivity index (χ4n) is 2.97. The lowest BCUT2D eigenvalue weighted by atomic mass is 9.88. The Morgan fingerprint density at radius 2 is 1.94 bits per heavy atom. The Hall–Kier alpha value is -0.570. The zero-order chi connectivity index (χ0) is 11.5. The molecule has 0 unspecified atom stereocenters. The predicted molar refractivity (Wildman–Crippen MR) is 65.2 cm³/mol. The molecular weight excluding hydrogens is 200 g/mol. The first-order valence-corrected chi connectivity index (χ1v) is 6.73. The molecule has 92 valence electrons. The first kappa shape index (κ1) is 11.9. The van der Waals surface area contributed by atoms with Crippen LogP contribution in [0.1, 0.15) is 46.0 Å². The Morgan fingerprint density at radius 3 is 2.69 bits per heavy atom. The van der Waals surface area contributed by atoms with Gasteiger partial charge in [-0.15, -0.1) is 0 Å². The number of nitrogens with one attached hydrogen (secondary N) is 1. The van der Waals surface area contributed by atoms with Gasteiger partial charge in [0, 0.05) is 18.0 Å². The summed E-state index contributed by atoms with van der Waals surface area (Å²) in [6.07, 6.45) is 6.33. The van der Waals surface area contributed by atoms with Gasteiger partial charge in [-0.25, -0.2) is 0 Å². The van der Waals surface area contributed by atoms with Crippen molar-refractivity contribution in [3.63, 3.8) is 0 Å². The fraction of sp³-hybridized carbons (Fsp3) is 0.923. The molecule has 1 N–H and O–H groups in total. The molecule has 3 heteroatoms. The van der Waals surface area contributed by atoms with Crippen LogP contribution in [0.15, 0.2) is 0 Å². The van der Waals surface area contributed by atoms with Gasteiger partial charge >= 0.3 is 0 Å². The van der Waals surface area contributed by atoms with Crippen molar-refractivity contribution in [2.45, 2.75) is 58.0 Å². The molecule has 2 saturated heterocycles. The Kier molecular flexibility index (Phi) is 3.85. The van der Waals surface area contributed by atoms with Gasteiger partial charge < -0.3 is 5.32 Å². The second kappa shape index (κ2) is 5.17. The molecule has 3 nitrogen and oxygen atoms in total. The van der Waals surface area contributed by atoms with E-state index in [9.17, 15) is 4.79 Å². The van der Waals surface area contributed by atoms with E-state index >= 15 is 0 Å². The van der Waals surface area contributed by atoms with Crippen molar-refractivity contribution < 1.29 is 4.79 Å². The van der Waals surface area contributed by atoms with E-state index in [1.165, 1.54) is 45.2 Å². The van der Waals surface area contributed by atoms with Crippen molar-refractivity contribution in [2.75, 3.05) is 13.1 Å². The van der Waals surface area contributed by atoms with Gasteiger partial charge in [0.15, 0.2) is 0 Å². The Bertz CT molecular complexity index is 250. The number of carbonyl (C=O) groups excluding carboxylic acids is 1. The molecule has 0 aliphatic carbocycles. The van der Waals surface area contributed by atoms with E-state index in [0.717, 1.165) is 0 Å². The van der Waals surface area contributed by atoms with Crippen molar-refractivity contribution in [1.82, 2.24) is 10.2 Å². The molecular formula is C13H24N2O. The van der Waals surface area contributed by atoms with Crippen LogP contribution in [0, 0.1) is 5.92 Å². The standard InChI is InChI=1S/C13H24N2O/c1-10(2)13(16)14-11-6-5-9-15-8-4-3-7-12(11)15/h10-12H,3-9H2,1-2H3,(H,14,16)/t11-,12+/m0/s1. The van der Waals surface area contributed by atoms with Gasteiger partial charge in [0.05, 0.1) is 0 Å². The van der Waals surface area contributed by atoms with E-state index in [0.29, 0.717) is 12.1 Å². The molecule has 0 aromatic heterocycles. The molecule has 2 heterocycles. The third kappa shape index (κ3) is 2.57. The molecule has 0 radical (unpaired) electrons. The van der Waals surface area contributed by atoms with Crippen LogP contribution in [0.5, 0.6) is 0 Å². The highest BCUT2D eigenvalue weighted by Crippen LogP contribution is 2.26. The minimum atomic E-state index is 0.110. The van der Waals surface area contributed by atoms with Gasteiger partial charge in [-0.05, 0) is 38.8 Å². The van der Waals surface area contributed by atoms with Crippen molar-refractivity contribution in [3.05, 3.63) is 0 Å². The second-order valence-corrected chi connectivity index (χ2v) is 5.51. The first-order chi connectivity index (χ1) is 7.68. The van der Waals surface area contributed by atoms with E-state index in [4.69, 9.17) is 0 Å². The smallest absolute Gasteiger partial charge is 0.222 e.